The normalized spacial score (nSPS) is 23.0. The van der Waals surface area contributed by atoms with Crippen molar-refractivity contribution in [3.63, 3.8) is 0 Å². The lowest BCUT2D eigenvalue weighted by molar-refractivity contribution is -0.128. The van der Waals surface area contributed by atoms with Crippen molar-refractivity contribution >= 4 is 45.0 Å². The molecule has 0 bridgehead atoms. The minimum atomic E-state index is -0.488. The van der Waals surface area contributed by atoms with E-state index < -0.39 is 5.82 Å². The number of fused-ring (bicyclic) bond motifs is 3. The average molecular weight is 611 g/mol. The molecular formula is C34H32ClFN6O2. The van der Waals surface area contributed by atoms with Crippen molar-refractivity contribution in [2.45, 2.75) is 30.8 Å². The Morgan fingerprint density at radius 3 is 2.73 bits per heavy atom. The number of rotatable bonds is 7. The molecule has 1 aromatic heterocycles. The fourth-order valence-electron chi connectivity index (χ4n) is 7.15. The number of carbonyl (C=O) groups excluding carboxylic acids is 1. The highest BCUT2D eigenvalue weighted by Crippen LogP contribution is 2.55. The summed E-state index contributed by atoms with van der Waals surface area (Å²) >= 11 is 6.61. The summed E-state index contributed by atoms with van der Waals surface area (Å²) in [5.74, 6) is 0.404. The summed E-state index contributed by atoms with van der Waals surface area (Å²) in [5, 5.41) is 12.3. The molecule has 8 nitrogen and oxygen atoms in total. The van der Waals surface area contributed by atoms with Gasteiger partial charge in [-0.25, -0.2) is 4.39 Å². The fourth-order valence-corrected chi connectivity index (χ4v) is 7.43. The quantitative estimate of drug-likeness (QED) is 0.243. The van der Waals surface area contributed by atoms with Crippen LogP contribution in [0, 0.1) is 23.1 Å². The molecule has 3 fully saturated rings. The van der Waals surface area contributed by atoms with Crippen molar-refractivity contribution in [3.8, 4) is 23.2 Å². The van der Waals surface area contributed by atoms with E-state index in [1.807, 2.05) is 41.3 Å². The van der Waals surface area contributed by atoms with Crippen LogP contribution in [0.1, 0.15) is 19.3 Å². The number of nitrogens with zero attached hydrogens (tertiary/aromatic N) is 6. The van der Waals surface area contributed by atoms with Crippen molar-refractivity contribution in [1.29, 1.82) is 5.26 Å². The lowest BCUT2D eigenvalue weighted by Gasteiger charge is -2.41. The van der Waals surface area contributed by atoms with Crippen LogP contribution in [0.2, 0.25) is 5.02 Å². The smallest absolute Gasteiger partial charge is 0.319 e. The molecule has 3 aliphatic rings. The second-order valence-electron chi connectivity index (χ2n) is 12.0. The number of piperidine rings is 1. The van der Waals surface area contributed by atoms with E-state index in [9.17, 15) is 10.1 Å². The largest absolute Gasteiger partial charge is 0.461 e. The van der Waals surface area contributed by atoms with E-state index in [0.717, 1.165) is 30.2 Å². The third-order valence-electron chi connectivity index (χ3n) is 9.70. The number of hydrogen-bond donors (Lipinski definition) is 0. The molecule has 3 aromatic carbocycles. The molecule has 1 saturated carbocycles. The maximum Gasteiger partial charge on any atom is 0.319 e. The van der Waals surface area contributed by atoms with Crippen molar-refractivity contribution < 1.29 is 13.9 Å². The van der Waals surface area contributed by atoms with E-state index in [-0.39, 0.29) is 35.4 Å². The van der Waals surface area contributed by atoms with E-state index in [2.05, 4.69) is 29.6 Å². The summed E-state index contributed by atoms with van der Waals surface area (Å²) in [4.78, 5) is 28.0. The summed E-state index contributed by atoms with van der Waals surface area (Å²) < 4.78 is 23.0. The van der Waals surface area contributed by atoms with E-state index in [1.54, 1.807) is 17.0 Å². The third-order valence-corrected chi connectivity index (χ3v) is 10.0. The van der Waals surface area contributed by atoms with Gasteiger partial charge in [0.1, 0.15) is 17.9 Å². The highest BCUT2D eigenvalue weighted by molar-refractivity contribution is 6.36. The number of amides is 1. The van der Waals surface area contributed by atoms with Crippen LogP contribution in [0.25, 0.3) is 32.8 Å². The number of nitriles is 1. The van der Waals surface area contributed by atoms with Crippen molar-refractivity contribution in [2.75, 3.05) is 44.7 Å². The molecular weight excluding hydrogens is 579 g/mol. The van der Waals surface area contributed by atoms with Gasteiger partial charge in [-0.3, -0.25) is 9.69 Å². The molecule has 0 radical (unpaired) electrons. The molecule has 10 heteroatoms. The van der Waals surface area contributed by atoms with Gasteiger partial charge in [0.2, 0.25) is 5.91 Å². The summed E-state index contributed by atoms with van der Waals surface area (Å²) in [7, 11) is 2.11. The standard InChI is InChI=1S/C34H32ClFN6O2/c1-3-28(43)42-17-16-41(19-23(42)12-14-37)32-26-11-10-25(24-8-4-6-21-7-5-9-27(35)29(21)24)30(36)31(26)38-33(39-32)44-20-34-18-22(34)13-15-40(34)2/h3-11,22-23H,1,12-13,15-20H2,2H3/t22?,23-,34?/m0/s1. The van der Waals surface area contributed by atoms with E-state index in [0.29, 0.717) is 59.5 Å². The van der Waals surface area contributed by atoms with E-state index >= 15 is 4.39 Å². The summed E-state index contributed by atoms with van der Waals surface area (Å²) in [5.41, 5.74) is 1.19. The van der Waals surface area contributed by atoms with Crippen LogP contribution in [0.3, 0.4) is 0 Å². The van der Waals surface area contributed by atoms with Gasteiger partial charge in [-0.15, -0.1) is 0 Å². The third kappa shape index (κ3) is 4.64. The Bertz CT molecular complexity index is 1850. The Labute approximate surface area is 260 Å². The summed E-state index contributed by atoms with van der Waals surface area (Å²) in [6, 6.07) is 16.9. The summed E-state index contributed by atoms with van der Waals surface area (Å²) in [6.45, 7) is 6.25. The lowest BCUT2D eigenvalue weighted by Crippen LogP contribution is -2.55. The zero-order valence-electron chi connectivity index (χ0n) is 24.5. The predicted molar refractivity (Wildman–Crippen MR) is 169 cm³/mol. The number of aromatic nitrogens is 2. The first-order valence-electron chi connectivity index (χ1n) is 14.9. The topological polar surface area (TPSA) is 85.6 Å². The number of piperazine rings is 1. The Morgan fingerprint density at radius 1 is 1.18 bits per heavy atom. The van der Waals surface area contributed by atoms with Crippen molar-refractivity contribution in [2.24, 2.45) is 5.92 Å². The second kappa shape index (κ2) is 11.0. The molecule has 4 aromatic rings. The van der Waals surface area contributed by atoms with Crippen LogP contribution < -0.4 is 9.64 Å². The Balaban J connectivity index is 1.33. The van der Waals surface area contributed by atoms with E-state index in [4.69, 9.17) is 21.3 Å². The van der Waals surface area contributed by atoms with Gasteiger partial charge in [0.15, 0.2) is 5.82 Å². The van der Waals surface area contributed by atoms with Gasteiger partial charge in [-0.1, -0.05) is 54.6 Å². The first-order valence-corrected chi connectivity index (χ1v) is 15.3. The maximum atomic E-state index is 16.7. The minimum Gasteiger partial charge on any atom is -0.461 e. The van der Waals surface area contributed by atoms with Gasteiger partial charge in [0.25, 0.3) is 0 Å². The minimum absolute atomic E-state index is 0.0207. The number of carbonyl (C=O) groups is 1. The fraction of sp³-hybridized carbons (Fsp3) is 0.353. The van der Waals surface area contributed by atoms with Crippen LogP contribution >= 0.6 is 11.6 Å². The average Bonchev–Trinajstić information content (AvgIpc) is 3.68. The van der Waals surface area contributed by atoms with Crippen LogP contribution in [-0.4, -0.2) is 77.1 Å². The maximum absolute atomic E-state index is 16.7. The number of ether oxygens (including phenoxy) is 1. The number of hydrogen-bond acceptors (Lipinski definition) is 7. The molecule has 0 N–H and O–H groups in total. The first-order chi connectivity index (χ1) is 21.3. The zero-order chi connectivity index (χ0) is 30.6. The highest BCUT2D eigenvalue weighted by Gasteiger charge is 2.61. The molecule has 1 amide bonds. The number of halogens is 2. The number of likely N-dealkylation sites (tertiary alicyclic amines) is 1. The van der Waals surface area contributed by atoms with Gasteiger partial charge in [0, 0.05) is 41.0 Å². The van der Waals surface area contributed by atoms with E-state index in [1.165, 1.54) is 6.08 Å². The van der Waals surface area contributed by atoms with Gasteiger partial charge in [0.05, 0.1) is 24.1 Å². The lowest BCUT2D eigenvalue weighted by atomic mass is 9.96. The molecule has 7 rings (SSSR count). The molecule has 44 heavy (non-hydrogen) atoms. The SMILES string of the molecule is C=CC(=O)N1CCN(c2nc(OCC34CC3CCN4C)nc3c(F)c(-c4cccc5cccc(Cl)c45)ccc23)C[C@@H]1CC#N. The number of anilines is 1. The Hall–Kier alpha value is -4.26. The summed E-state index contributed by atoms with van der Waals surface area (Å²) in [6.07, 6.45) is 3.63. The van der Waals surface area contributed by atoms with Crippen LogP contribution in [0.4, 0.5) is 10.2 Å². The van der Waals surface area contributed by atoms with Crippen LogP contribution in [0.15, 0.2) is 61.2 Å². The number of benzene rings is 3. The van der Waals surface area contributed by atoms with Gasteiger partial charge in [-0.05, 0) is 61.5 Å². The molecule has 3 atom stereocenters. The zero-order valence-corrected chi connectivity index (χ0v) is 25.2. The monoisotopic (exact) mass is 610 g/mol. The molecule has 3 heterocycles. The molecule has 2 saturated heterocycles. The van der Waals surface area contributed by atoms with Gasteiger partial charge >= 0.3 is 6.01 Å². The van der Waals surface area contributed by atoms with Crippen molar-refractivity contribution in [1.82, 2.24) is 19.8 Å². The predicted octanol–water partition coefficient (Wildman–Crippen LogP) is 5.83. The van der Waals surface area contributed by atoms with Crippen LogP contribution in [-0.2, 0) is 4.79 Å². The van der Waals surface area contributed by atoms with Crippen molar-refractivity contribution in [3.05, 3.63) is 72.0 Å². The van der Waals surface area contributed by atoms with Gasteiger partial charge < -0.3 is 14.5 Å². The first kappa shape index (κ1) is 28.5. The Kier molecular flexibility index (Phi) is 7.14. The molecule has 2 aliphatic heterocycles. The number of likely N-dealkylation sites (N-methyl/N-ethyl adjacent to an activating group) is 1. The van der Waals surface area contributed by atoms with Crippen LogP contribution in [0.5, 0.6) is 6.01 Å². The molecule has 2 unspecified atom stereocenters. The second-order valence-corrected chi connectivity index (χ2v) is 12.4. The Morgan fingerprint density at radius 2 is 2.00 bits per heavy atom. The molecule has 1 aliphatic carbocycles. The van der Waals surface area contributed by atoms with Gasteiger partial charge in [-0.2, -0.15) is 15.2 Å². The molecule has 224 valence electrons. The molecule has 0 spiro atoms. The highest BCUT2D eigenvalue weighted by atomic mass is 35.5.